The van der Waals surface area contributed by atoms with Gasteiger partial charge in [-0.1, -0.05) is 32.1 Å². The van der Waals surface area contributed by atoms with Crippen molar-refractivity contribution in [2.24, 2.45) is 5.41 Å². The van der Waals surface area contributed by atoms with Gasteiger partial charge in [0.25, 0.3) is 0 Å². The van der Waals surface area contributed by atoms with E-state index in [2.05, 4.69) is 37.0 Å². The van der Waals surface area contributed by atoms with Crippen LogP contribution in [-0.2, 0) is 0 Å². The van der Waals surface area contributed by atoms with Crippen LogP contribution >= 0.6 is 0 Å². The average Bonchev–Trinajstić information content (AvgIpc) is 2.38. The largest absolute Gasteiger partial charge is 0.371 e. The first kappa shape index (κ1) is 10.2. The third-order valence-corrected chi connectivity index (χ3v) is 3.93. The van der Waals surface area contributed by atoms with Gasteiger partial charge in [0.1, 0.15) is 0 Å². The summed E-state index contributed by atoms with van der Waals surface area (Å²) in [5, 5.41) is 0. The first-order chi connectivity index (χ1) is 7.66. The quantitative estimate of drug-likeness (QED) is 0.596. The molecule has 2 aliphatic heterocycles. The zero-order valence-corrected chi connectivity index (χ0v) is 10.4. The van der Waals surface area contributed by atoms with E-state index in [-0.39, 0.29) is 5.41 Å². The minimum Gasteiger partial charge on any atom is -0.371 e. The summed E-state index contributed by atoms with van der Waals surface area (Å²) in [6, 6.07) is 0. The fourth-order valence-corrected chi connectivity index (χ4v) is 3.22. The third kappa shape index (κ3) is 1.63. The maximum atomic E-state index is 2.61. The smallest absolute Gasteiger partial charge is 0.0428 e. The van der Waals surface area contributed by atoms with Crippen LogP contribution in [-0.4, -0.2) is 18.0 Å². The molecule has 1 heteroatoms. The lowest BCUT2D eigenvalue weighted by atomic mass is 9.88. The van der Waals surface area contributed by atoms with E-state index in [0.29, 0.717) is 0 Å². The number of allylic oxidation sites excluding steroid dienone is 5. The molecule has 0 aromatic carbocycles. The Hall–Kier alpha value is -0.980. The van der Waals surface area contributed by atoms with Crippen molar-refractivity contribution >= 4 is 0 Å². The van der Waals surface area contributed by atoms with E-state index in [1.165, 1.54) is 38.8 Å². The van der Waals surface area contributed by atoms with Crippen LogP contribution in [0.5, 0.6) is 0 Å². The Labute approximate surface area is 98.5 Å². The summed E-state index contributed by atoms with van der Waals surface area (Å²) in [7, 11) is 0. The lowest BCUT2D eigenvalue weighted by Crippen LogP contribution is -2.33. The van der Waals surface area contributed by atoms with Crippen molar-refractivity contribution in [1.82, 2.24) is 4.90 Å². The van der Waals surface area contributed by atoms with Gasteiger partial charge < -0.3 is 4.90 Å². The van der Waals surface area contributed by atoms with E-state index in [1.54, 1.807) is 16.8 Å². The number of piperidine rings is 1. The van der Waals surface area contributed by atoms with Gasteiger partial charge in [-0.15, -0.1) is 0 Å². The van der Waals surface area contributed by atoms with E-state index in [1.807, 2.05) is 0 Å². The van der Waals surface area contributed by atoms with Gasteiger partial charge in [-0.3, -0.25) is 0 Å². The van der Waals surface area contributed by atoms with Gasteiger partial charge >= 0.3 is 0 Å². The monoisotopic (exact) mass is 215 g/mol. The zero-order valence-electron chi connectivity index (χ0n) is 10.4. The molecule has 0 radical (unpaired) electrons. The fraction of sp³-hybridized carbons (Fsp3) is 0.600. The molecule has 0 aromatic heterocycles. The Morgan fingerprint density at radius 3 is 2.69 bits per heavy atom. The van der Waals surface area contributed by atoms with E-state index in [9.17, 15) is 0 Å². The molecular formula is C15H21N. The number of hydrogen-bond donors (Lipinski definition) is 0. The van der Waals surface area contributed by atoms with Gasteiger partial charge in [0, 0.05) is 24.2 Å². The van der Waals surface area contributed by atoms with Crippen molar-refractivity contribution in [1.29, 1.82) is 0 Å². The maximum Gasteiger partial charge on any atom is 0.0428 e. The van der Waals surface area contributed by atoms with Crippen LogP contribution in [0.1, 0.15) is 39.5 Å². The van der Waals surface area contributed by atoms with E-state index < -0.39 is 0 Å². The summed E-state index contributed by atoms with van der Waals surface area (Å²) in [5.74, 6) is 0. The molecule has 2 heterocycles. The van der Waals surface area contributed by atoms with Crippen molar-refractivity contribution < 1.29 is 0 Å². The zero-order chi connectivity index (χ0) is 11.2. The molecule has 0 atom stereocenters. The number of hydrogen-bond acceptors (Lipinski definition) is 1. The molecule has 0 N–H and O–H groups in total. The lowest BCUT2D eigenvalue weighted by Gasteiger charge is -2.38. The highest BCUT2D eigenvalue weighted by molar-refractivity contribution is 5.46. The van der Waals surface area contributed by atoms with Crippen molar-refractivity contribution in [2.45, 2.75) is 39.5 Å². The van der Waals surface area contributed by atoms with E-state index in [4.69, 9.17) is 0 Å². The highest BCUT2D eigenvalue weighted by Crippen LogP contribution is 2.39. The Morgan fingerprint density at radius 2 is 1.88 bits per heavy atom. The van der Waals surface area contributed by atoms with Crippen LogP contribution in [0, 0.1) is 5.41 Å². The Kier molecular flexibility index (Phi) is 2.24. The summed E-state index contributed by atoms with van der Waals surface area (Å²) in [6.07, 6.45) is 12.5. The summed E-state index contributed by atoms with van der Waals surface area (Å²) >= 11 is 0. The first-order valence-corrected chi connectivity index (χ1v) is 6.55. The number of rotatable bonds is 0. The van der Waals surface area contributed by atoms with Crippen LogP contribution < -0.4 is 0 Å². The molecule has 1 aliphatic carbocycles. The van der Waals surface area contributed by atoms with Gasteiger partial charge in [0.05, 0.1) is 0 Å². The van der Waals surface area contributed by atoms with Gasteiger partial charge in [0.2, 0.25) is 0 Å². The van der Waals surface area contributed by atoms with Crippen LogP contribution in [0.4, 0.5) is 0 Å². The standard InChI is InChI=1S/C15H21N/c1-15(2)8-7-12-5-3-9-16-10-4-6-13(11-15)14(12)16/h7-8,11H,3-6,9-10H2,1-2H3. The molecule has 0 spiro atoms. The van der Waals surface area contributed by atoms with Crippen molar-refractivity contribution in [3.8, 4) is 0 Å². The number of nitrogens with zero attached hydrogens (tertiary/aromatic N) is 1. The Morgan fingerprint density at radius 1 is 1.12 bits per heavy atom. The topological polar surface area (TPSA) is 3.24 Å². The molecule has 0 bridgehead atoms. The minimum atomic E-state index is 0.232. The first-order valence-electron chi connectivity index (χ1n) is 6.55. The predicted molar refractivity (Wildman–Crippen MR) is 68.1 cm³/mol. The molecule has 1 saturated heterocycles. The molecule has 0 aromatic rings. The van der Waals surface area contributed by atoms with E-state index >= 15 is 0 Å². The Bertz CT molecular complexity index is 396. The highest BCUT2D eigenvalue weighted by atomic mass is 15.1. The van der Waals surface area contributed by atoms with Crippen LogP contribution in [0.2, 0.25) is 0 Å². The Balaban J connectivity index is 2.11. The highest BCUT2D eigenvalue weighted by Gasteiger charge is 2.28. The molecular weight excluding hydrogens is 194 g/mol. The van der Waals surface area contributed by atoms with Crippen LogP contribution in [0.15, 0.2) is 35.1 Å². The molecule has 0 saturated carbocycles. The van der Waals surface area contributed by atoms with Gasteiger partial charge in [0.15, 0.2) is 0 Å². The third-order valence-electron chi connectivity index (χ3n) is 3.93. The molecule has 86 valence electrons. The average molecular weight is 215 g/mol. The van der Waals surface area contributed by atoms with Gasteiger partial charge in [-0.05, 0) is 36.8 Å². The summed E-state index contributed by atoms with van der Waals surface area (Å²) in [4.78, 5) is 2.61. The van der Waals surface area contributed by atoms with Crippen molar-refractivity contribution in [3.63, 3.8) is 0 Å². The second-order valence-electron chi connectivity index (χ2n) is 5.89. The van der Waals surface area contributed by atoms with Gasteiger partial charge in [-0.2, -0.15) is 0 Å². The second-order valence-corrected chi connectivity index (χ2v) is 5.89. The minimum absolute atomic E-state index is 0.232. The van der Waals surface area contributed by atoms with Gasteiger partial charge in [-0.25, -0.2) is 0 Å². The predicted octanol–water partition coefficient (Wildman–Crippen LogP) is 3.65. The molecule has 16 heavy (non-hydrogen) atoms. The normalized spacial score (nSPS) is 27.4. The molecule has 3 rings (SSSR count). The fourth-order valence-electron chi connectivity index (χ4n) is 3.22. The van der Waals surface area contributed by atoms with Crippen molar-refractivity contribution in [2.75, 3.05) is 13.1 Å². The maximum absolute atomic E-state index is 2.61. The van der Waals surface area contributed by atoms with Crippen LogP contribution in [0.3, 0.4) is 0 Å². The second kappa shape index (κ2) is 3.51. The molecule has 1 nitrogen and oxygen atoms in total. The SMILES string of the molecule is CC1(C)C=CC2=C3C(=C1)CCCN3CCC2. The molecule has 0 unspecified atom stereocenters. The summed E-state index contributed by atoms with van der Waals surface area (Å²) in [5.41, 5.74) is 5.01. The lowest BCUT2D eigenvalue weighted by molar-refractivity contribution is 0.297. The summed E-state index contributed by atoms with van der Waals surface area (Å²) in [6.45, 7) is 7.16. The van der Waals surface area contributed by atoms with E-state index in [0.717, 1.165) is 0 Å². The molecule has 3 aliphatic rings. The van der Waals surface area contributed by atoms with Crippen LogP contribution in [0.25, 0.3) is 0 Å². The molecule has 0 amide bonds. The van der Waals surface area contributed by atoms with Crippen molar-refractivity contribution in [3.05, 3.63) is 35.1 Å². The summed E-state index contributed by atoms with van der Waals surface area (Å²) < 4.78 is 0. The molecule has 1 fully saturated rings.